The summed E-state index contributed by atoms with van der Waals surface area (Å²) in [5.74, 6) is 0.966. The molecule has 1 heterocycles. The van der Waals surface area contributed by atoms with Crippen molar-refractivity contribution in [1.82, 2.24) is 10.2 Å². The summed E-state index contributed by atoms with van der Waals surface area (Å²) in [7, 11) is 0. The van der Waals surface area contributed by atoms with Gasteiger partial charge in [-0.1, -0.05) is 54.1 Å². The van der Waals surface area contributed by atoms with Crippen LogP contribution in [0.2, 0.25) is 5.02 Å². The molecular formula is C19H21ClN2OS. The monoisotopic (exact) mass is 360 g/mol. The van der Waals surface area contributed by atoms with Crippen LogP contribution in [0.4, 0.5) is 4.79 Å². The van der Waals surface area contributed by atoms with E-state index in [1.54, 1.807) is 0 Å². The average Bonchev–Trinajstić information content (AvgIpc) is 2.88. The van der Waals surface area contributed by atoms with Gasteiger partial charge in [-0.2, -0.15) is 11.8 Å². The molecule has 0 aliphatic carbocycles. The Labute approximate surface area is 152 Å². The quantitative estimate of drug-likeness (QED) is 0.858. The van der Waals surface area contributed by atoms with E-state index in [1.807, 2.05) is 47.0 Å². The van der Waals surface area contributed by atoms with Gasteiger partial charge in [0.1, 0.15) is 0 Å². The Kier molecular flexibility index (Phi) is 6.05. The van der Waals surface area contributed by atoms with Gasteiger partial charge in [0.15, 0.2) is 0 Å². The largest absolute Gasteiger partial charge is 0.334 e. The number of nitrogens with one attached hydrogen (secondary N) is 1. The molecular weight excluding hydrogens is 340 g/mol. The van der Waals surface area contributed by atoms with Gasteiger partial charge in [-0.05, 0) is 29.7 Å². The molecule has 1 saturated heterocycles. The third-order valence-electron chi connectivity index (χ3n) is 4.16. The Morgan fingerprint density at radius 3 is 2.62 bits per heavy atom. The summed E-state index contributed by atoms with van der Waals surface area (Å²) in [5.41, 5.74) is 2.41. The van der Waals surface area contributed by atoms with Crippen molar-refractivity contribution in [2.75, 3.05) is 18.8 Å². The number of benzene rings is 2. The van der Waals surface area contributed by atoms with E-state index >= 15 is 0 Å². The van der Waals surface area contributed by atoms with Gasteiger partial charge in [0.05, 0.1) is 0 Å². The van der Waals surface area contributed by atoms with Crippen LogP contribution in [0.5, 0.6) is 0 Å². The van der Waals surface area contributed by atoms with Crippen molar-refractivity contribution in [3.05, 3.63) is 70.7 Å². The van der Waals surface area contributed by atoms with E-state index in [0.29, 0.717) is 16.8 Å². The molecule has 3 rings (SSSR count). The third-order valence-corrected chi connectivity index (χ3v) is 5.74. The van der Waals surface area contributed by atoms with Crippen LogP contribution in [-0.4, -0.2) is 29.8 Å². The molecule has 2 amide bonds. The van der Waals surface area contributed by atoms with Crippen LogP contribution in [0.25, 0.3) is 0 Å². The molecule has 0 aromatic heterocycles. The normalized spacial score (nSPS) is 18.0. The first kappa shape index (κ1) is 17.2. The zero-order chi connectivity index (χ0) is 16.8. The van der Waals surface area contributed by atoms with Crippen LogP contribution >= 0.6 is 23.4 Å². The second-order valence-electron chi connectivity index (χ2n) is 5.83. The van der Waals surface area contributed by atoms with Crippen molar-refractivity contribution in [2.45, 2.75) is 18.2 Å². The maximum absolute atomic E-state index is 12.4. The molecule has 126 valence electrons. The highest BCUT2D eigenvalue weighted by molar-refractivity contribution is 7.99. The lowest BCUT2D eigenvalue weighted by molar-refractivity contribution is 0.200. The Hall–Kier alpha value is -1.65. The smallest absolute Gasteiger partial charge is 0.317 e. The van der Waals surface area contributed by atoms with E-state index in [9.17, 15) is 4.79 Å². The lowest BCUT2D eigenvalue weighted by Gasteiger charge is -2.21. The minimum atomic E-state index is 0.0132. The molecule has 2 aromatic rings. The SMILES string of the molecule is O=C(NCc1ccc(Cl)cc1)N1CCS[C@@H](c2ccccc2)CC1. The van der Waals surface area contributed by atoms with Crippen LogP contribution in [0, 0.1) is 0 Å². The lowest BCUT2D eigenvalue weighted by Crippen LogP contribution is -2.40. The summed E-state index contributed by atoms with van der Waals surface area (Å²) < 4.78 is 0. The molecule has 1 fully saturated rings. The summed E-state index contributed by atoms with van der Waals surface area (Å²) in [6, 6.07) is 18.1. The Morgan fingerprint density at radius 2 is 1.88 bits per heavy atom. The fraction of sp³-hybridized carbons (Fsp3) is 0.316. The second kappa shape index (κ2) is 8.45. The molecule has 0 bridgehead atoms. The molecule has 1 aliphatic heterocycles. The molecule has 0 saturated carbocycles. The third kappa shape index (κ3) is 4.68. The number of hydrogen-bond acceptors (Lipinski definition) is 2. The van der Waals surface area contributed by atoms with E-state index in [0.717, 1.165) is 30.8 Å². The first-order chi connectivity index (χ1) is 11.7. The Bertz CT molecular complexity index is 663. The topological polar surface area (TPSA) is 32.3 Å². The van der Waals surface area contributed by atoms with Crippen molar-refractivity contribution in [2.24, 2.45) is 0 Å². The number of hydrogen-bond donors (Lipinski definition) is 1. The number of halogens is 1. The molecule has 1 N–H and O–H groups in total. The van der Waals surface area contributed by atoms with Gasteiger partial charge in [-0.25, -0.2) is 4.79 Å². The standard InChI is InChI=1S/C19H21ClN2OS/c20-17-8-6-15(7-9-17)14-21-19(23)22-11-10-18(24-13-12-22)16-4-2-1-3-5-16/h1-9,18H,10-14H2,(H,21,23)/t18-/m1/s1. The van der Waals surface area contributed by atoms with Crippen molar-refractivity contribution >= 4 is 29.4 Å². The second-order valence-corrected chi connectivity index (χ2v) is 7.58. The van der Waals surface area contributed by atoms with E-state index in [4.69, 9.17) is 11.6 Å². The van der Waals surface area contributed by atoms with Crippen molar-refractivity contribution in [3.8, 4) is 0 Å². The highest BCUT2D eigenvalue weighted by atomic mass is 35.5. The van der Waals surface area contributed by atoms with Gasteiger partial charge in [-0.15, -0.1) is 0 Å². The first-order valence-corrected chi connectivity index (χ1v) is 9.59. The van der Waals surface area contributed by atoms with Crippen molar-refractivity contribution in [3.63, 3.8) is 0 Å². The first-order valence-electron chi connectivity index (χ1n) is 8.16. The fourth-order valence-corrected chi connectivity index (χ4v) is 4.16. The summed E-state index contributed by atoms with van der Waals surface area (Å²) in [6.45, 7) is 2.11. The van der Waals surface area contributed by atoms with Crippen molar-refractivity contribution in [1.29, 1.82) is 0 Å². The maximum Gasteiger partial charge on any atom is 0.317 e. The number of urea groups is 1. The predicted molar refractivity (Wildman–Crippen MR) is 102 cm³/mol. The van der Waals surface area contributed by atoms with Crippen LogP contribution in [0.1, 0.15) is 22.8 Å². The van der Waals surface area contributed by atoms with E-state index < -0.39 is 0 Å². The number of nitrogens with zero attached hydrogens (tertiary/aromatic N) is 1. The Morgan fingerprint density at radius 1 is 1.12 bits per heavy atom. The number of thioether (sulfide) groups is 1. The molecule has 5 heteroatoms. The highest BCUT2D eigenvalue weighted by Gasteiger charge is 2.21. The van der Waals surface area contributed by atoms with Gasteiger partial charge in [0.2, 0.25) is 0 Å². The molecule has 0 radical (unpaired) electrons. The average molecular weight is 361 g/mol. The predicted octanol–water partition coefficient (Wildman–Crippen LogP) is 4.73. The van der Waals surface area contributed by atoms with E-state index in [-0.39, 0.29) is 6.03 Å². The Balaban J connectivity index is 1.52. The van der Waals surface area contributed by atoms with Gasteiger partial charge in [-0.3, -0.25) is 0 Å². The molecule has 0 spiro atoms. The molecule has 1 atom stereocenters. The summed E-state index contributed by atoms with van der Waals surface area (Å²) >= 11 is 7.82. The summed E-state index contributed by atoms with van der Waals surface area (Å²) in [5, 5.41) is 4.19. The van der Waals surface area contributed by atoms with Crippen LogP contribution in [-0.2, 0) is 6.54 Å². The number of carbonyl (C=O) groups excluding carboxylic acids is 1. The van der Waals surface area contributed by atoms with E-state index in [2.05, 4.69) is 29.6 Å². The number of carbonyl (C=O) groups is 1. The van der Waals surface area contributed by atoms with Gasteiger partial charge in [0.25, 0.3) is 0 Å². The zero-order valence-electron chi connectivity index (χ0n) is 13.5. The van der Waals surface area contributed by atoms with Gasteiger partial charge < -0.3 is 10.2 Å². The molecule has 24 heavy (non-hydrogen) atoms. The maximum atomic E-state index is 12.4. The molecule has 0 unspecified atom stereocenters. The van der Waals surface area contributed by atoms with E-state index in [1.165, 1.54) is 5.56 Å². The molecule has 3 nitrogen and oxygen atoms in total. The van der Waals surface area contributed by atoms with Crippen LogP contribution in [0.3, 0.4) is 0 Å². The minimum Gasteiger partial charge on any atom is -0.334 e. The molecule has 2 aromatic carbocycles. The minimum absolute atomic E-state index is 0.0132. The van der Waals surface area contributed by atoms with Gasteiger partial charge in [0, 0.05) is 35.7 Å². The lowest BCUT2D eigenvalue weighted by atomic mass is 10.1. The zero-order valence-corrected chi connectivity index (χ0v) is 15.0. The van der Waals surface area contributed by atoms with Crippen LogP contribution < -0.4 is 5.32 Å². The summed E-state index contributed by atoms with van der Waals surface area (Å²) in [6.07, 6.45) is 0.989. The molecule has 1 aliphatic rings. The number of amides is 2. The van der Waals surface area contributed by atoms with Gasteiger partial charge >= 0.3 is 6.03 Å². The summed E-state index contributed by atoms with van der Waals surface area (Å²) in [4.78, 5) is 14.3. The van der Waals surface area contributed by atoms with Crippen LogP contribution in [0.15, 0.2) is 54.6 Å². The van der Waals surface area contributed by atoms with Crippen molar-refractivity contribution < 1.29 is 4.79 Å². The highest BCUT2D eigenvalue weighted by Crippen LogP contribution is 2.34. The number of rotatable bonds is 3. The fourth-order valence-electron chi connectivity index (χ4n) is 2.80.